The number of primary amides is 1. The van der Waals surface area contributed by atoms with E-state index < -0.39 is 12.1 Å². The Labute approximate surface area is 90.1 Å². The summed E-state index contributed by atoms with van der Waals surface area (Å²) in [4.78, 5) is 21.2. The van der Waals surface area contributed by atoms with Crippen molar-refractivity contribution in [3.8, 4) is 0 Å². The summed E-state index contributed by atoms with van der Waals surface area (Å²) in [6.45, 7) is 0. The second-order valence-corrected chi connectivity index (χ2v) is 2.92. The Balaban J connectivity index is 2.63. The second-order valence-electron chi connectivity index (χ2n) is 2.48. The highest BCUT2D eigenvalue weighted by atomic mass is 35.5. The zero-order chi connectivity index (χ0) is 11.3. The zero-order valence-corrected chi connectivity index (χ0v) is 8.23. The molecule has 7 heteroatoms. The number of nitrogens with two attached hydrogens (primary N) is 1. The Bertz CT molecular complexity index is 419. The van der Waals surface area contributed by atoms with Crippen LogP contribution in [0.15, 0.2) is 34.5 Å². The van der Waals surface area contributed by atoms with E-state index in [0.29, 0.717) is 10.7 Å². The fourth-order valence-corrected chi connectivity index (χ4v) is 1.000. The van der Waals surface area contributed by atoms with Gasteiger partial charge in [0, 0.05) is 10.7 Å². The van der Waals surface area contributed by atoms with Crippen LogP contribution in [0.25, 0.3) is 0 Å². The normalized spacial score (nSPS) is 10.2. The van der Waals surface area contributed by atoms with Crippen molar-refractivity contribution in [1.29, 1.82) is 0 Å². The van der Waals surface area contributed by atoms with Gasteiger partial charge in [-0.05, 0) is 18.2 Å². The summed E-state index contributed by atoms with van der Waals surface area (Å²) in [5.74, 6) is 0. The van der Waals surface area contributed by atoms with E-state index in [1.807, 2.05) is 0 Å². The van der Waals surface area contributed by atoms with Crippen LogP contribution in [0.1, 0.15) is 0 Å². The minimum absolute atomic E-state index is 0.455. The van der Waals surface area contributed by atoms with E-state index in [0.717, 1.165) is 0 Å². The third-order valence-electron chi connectivity index (χ3n) is 1.32. The number of halogens is 1. The Hall–Kier alpha value is -1.95. The Kier molecular flexibility index (Phi) is 3.75. The molecule has 0 heterocycles. The van der Waals surface area contributed by atoms with E-state index >= 15 is 0 Å². The van der Waals surface area contributed by atoms with Gasteiger partial charge in [0.2, 0.25) is 0 Å². The van der Waals surface area contributed by atoms with Gasteiger partial charge in [-0.25, -0.2) is 9.59 Å². The fraction of sp³-hybridized carbons (Fsp3) is 0. The lowest BCUT2D eigenvalue weighted by atomic mass is 10.3. The van der Waals surface area contributed by atoms with E-state index in [2.05, 4.69) is 21.3 Å². The molecule has 0 fully saturated rings. The van der Waals surface area contributed by atoms with Gasteiger partial charge in [-0.1, -0.05) is 27.9 Å². The quantitative estimate of drug-likeness (QED) is 0.719. The highest BCUT2D eigenvalue weighted by Gasteiger charge is 2.00. The summed E-state index contributed by atoms with van der Waals surface area (Å²) >= 11 is 5.68. The van der Waals surface area contributed by atoms with Crippen molar-refractivity contribution in [3.05, 3.63) is 29.3 Å². The molecule has 0 aliphatic heterocycles. The first kappa shape index (κ1) is 11.1. The number of carbonyl (C=O) groups excluding carboxylic acids is 2. The summed E-state index contributed by atoms with van der Waals surface area (Å²) in [6, 6.07) is 4.63. The first-order valence-corrected chi connectivity index (χ1v) is 4.23. The van der Waals surface area contributed by atoms with Crippen molar-refractivity contribution in [2.45, 2.75) is 0 Å². The first-order chi connectivity index (χ1) is 7.08. The van der Waals surface area contributed by atoms with Gasteiger partial charge in [0.1, 0.15) is 0 Å². The van der Waals surface area contributed by atoms with E-state index in [9.17, 15) is 9.59 Å². The van der Waals surface area contributed by atoms with Crippen molar-refractivity contribution in [2.24, 2.45) is 16.0 Å². The summed E-state index contributed by atoms with van der Waals surface area (Å²) in [5.41, 5.74) is 5.11. The van der Waals surface area contributed by atoms with E-state index in [1.165, 1.54) is 6.07 Å². The smallest absolute Gasteiger partial charge is 0.348 e. The molecule has 1 rings (SSSR count). The molecule has 78 valence electrons. The Morgan fingerprint density at radius 3 is 2.67 bits per heavy atom. The van der Waals surface area contributed by atoms with Crippen LogP contribution < -0.4 is 11.1 Å². The third-order valence-corrected chi connectivity index (χ3v) is 1.55. The molecule has 0 saturated heterocycles. The van der Waals surface area contributed by atoms with Crippen LogP contribution in [0.2, 0.25) is 5.02 Å². The van der Waals surface area contributed by atoms with Gasteiger partial charge in [0.05, 0.1) is 0 Å². The molecule has 0 spiro atoms. The predicted molar refractivity (Wildman–Crippen MR) is 54.9 cm³/mol. The Morgan fingerprint density at radius 2 is 2.07 bits per heavy atom. The molecule has 15 heavy (non-hydrogen) atoms. The lowest BCUT2D eigenvalue weighted by Crippen LogP contribution is -2.08. The average molecular weight is 227 g/mol. The topological polar surface area (TPSA) is 96.9 Å². The fourth-order valence-electron chi connectivity index (χ4n) is 0.809. The standard InChI is InChI=1S/C8H7ClN4O2/c9-5-2-1-3-6(4-5)11-8(15)13-12-7(10)14/h1-4H,(H2,10,14)(H,11,15)/b13-12+. The number of benzene rings is 1. The number of amides is 4. The lowest BCUT2D eigenvalue weighted by Gasteiger charge is -1.99. The number of urea groups is 2. The summed E-state index contributed by atoms with van der Waals surface area (Å²) < 4.78 is 0. The van der Waals surface area contributed by atoms with Crippen LogP contribution in [-0.2, 0) is 0 Å². The summed E-state index contributed by atoms with van der Waals surface area (Å²) in [7, 11) is 0. The van der Waals surface area contributed by atoms with Crippen molar-refractivity contribution < 1.29 is 9.59 Å². The van der Waals surface area contributed by atoms with Gasteiger partial charge in [-0.2, -0.15) is 0 Å². The van der Waals surface area contributed by atoms with Crippen molar-refractivity contribution in [2.75, 3.05) is 5.32 Å². The maximum atomic E-state index is 11.0. The molecule has 3 N–H and O–H groups in total. The van der Waals surface area contributed by atoms with Gasteiger partial charge in [-0.15, -0.1) is 0 Å². The van der Waals surface area contributed by atoms with Gasteiger partial charge in [-0.3, -0.25) is 0 Å². The number of rotatable bonds is 1. The number of nitrogens with one attached hydrogen (secondary N) is 1. The van der Waals surface area contributed by atoms with Crippen LogP contribution in [0.5, 0.6) is 0 Å². The van der Waals surface area contributed by atoms with Crippen LogP contribution >= 0.6 is 11.6 Å². The molecule has 0 aromatic heterocycles. The molecule has 6 nitrogen and oxygen atoms in total. The molecule has 1 aromatic rings. The molecule has 0 aliphatic rings. The van der Waals surface area contributed by atoms with E-state index in [1.54, 1.807) is 18.2 Å². The maximum absolute atomic E-state index is 11.0. The zero-order valence-electron chi connectivity index (χ0n) is 7.48. The number of hydrogen-bond donors (Lipinski definition) is 2. The molecular formula is C8H7ClN4O2. The van der Waals surface area contributed by atoms with Crippen molar-refractivity contribution >= 4 is 29.4 Å². The van der Waals surface area contributed by atoms with Gasteiger partial charge >= 0.3 is 12.1 Å². The SMILES string of the molecule is NC(=O)/N=N/C(=O)Nc1cccc(Cl)c1. The Morgan fingerprint density at radius 1 is 1.33 bits per heavy atom. The molecule has 1 aromatic carbocycles. The third kappa shape index (κ3) is 4.19. The molecule has 0 atom stereocenters. The summed E-state index contributed by atoms with van der Waals surface area (Å²) in [6.07, 6.45) is 0. The largest absolute Gasteiger partial charge is 0.364 e. The van der Waals surface area contributed by atoms with Gasteiger partial charge in [0.25, 0.3) is 0 Å². The number of anilines is 1. The average Bonchev–Trinajstić information content (AvgIpc) is 2.15. The van der Waals surface area contributed by atoms with Crippen LogP contribution in [0, 0.1) is 0 Å². The lowest BCUT2D eigenvalue weighted by molar-refractivity contribution is 0.250. The first-order valence-electron chi connectivity index (χ1n) is 3.85. The highest BCUT2D eigenvalue weighted by molar-refractivity contribution is 6.30. The van der Waals surface area contributed by atoms with Crippen LogP contribution in [0.4, 0.5) is 15.3 Å². The van der Waals surface area contributed by atoms with Crippen molar-refractivity contribution in [1.82, 2.24) is 0 Å². The van der Waals surface area contributed by atoms with E-state index in [4.69, 9.17) is 11.6 Å². The number of azo groups is 1. The molecule has 0 saturated carbocycles. The minimum atomic E-state index is -1.03. The molecular weight excluding hydrogens is 220 g/mol. The second kappa shape index (κ2) is 5.06. The predicted octanol–water partition coefficient (Wildman–Crippen LogP) is 2.40. The van der Waals surface area contributed by atoms with E-state index in [-0.39, 0.29) is 0 Å². The van der Waals surface area contributed by atoms with Gasteiger partial charge in [0.15, 0.2) is 0 Å². The van der Waals surface area contributed by atoms with Crippen LogP contribution in [0.3, 0.4) is 0 Å². The monoisotopic (exact) mass is 226 g/mol. The molecule has 0 unspecified atom stereocenters. The number of carbonyl (C=O) groups is 2. The number of nitrogens with zero attached hydrogens (tertiary/aromatic N) is 2. The highest BCUT2D eigenvalue weighted by Crippen LogP contribution is 2.14. The van der Waals surface area contributed by atoms with Crippen molar-refractivity contribution in [3.63, 3.8) is 0 Å². The molecule has 4 amide bonds. The van der Waals surface area contributed by atoms with Gasteiger partial charge < -0.3 is 11.1 Å². The minimum Gasteiger partial charge on any atom is -0.348 e. The molecule has 0 bridgehead atoms. The number of hydrogen-bond acceptors (Lipinski definition) is 2. The maximum Gasteiger partial charge on any atom is 0.364 e. The molecule has 0 radical (unpaired) electrons. The summed E-state index contributed by atoms with van der Waals surface area (Å²) in [5, 5.41) is 8.69. The van der Waals surface area contributed by atoms with Crippen LogP contribution in [-0.4, -0.2) is 12.1 Å². The molecule has 0 aliphatic carbocycles.